The predicted molar refractivity (Wildman–Crippen MR) is 80.4 cm³/mol. The van der Waals surface area contributed by atoms with Crippen molar-refractivity contribution in [3.63, 3.8) is 0 Å². The molecular weight excluding hydrogens is 220 g/mol. The highest BCUT2D eigenvalue weighted by Gasteiger charge is 2.01. The maximum Gasteiger partial charge on any atom is 0.0822 e. The summed E-state index contributed by atoms with van der Waals surface area (Å²) in [4.78, 5) is 0. The van der Waals surface area contributed by atoms with Gasteiger partial charge in [-0.15, -0.1) is 0 Å². The molecule has 0 aliphatic rings. The van der Waals surface area contributed by atoms with Gasteiger partial charge in [0.15, 0.2) is 0 Å². The van der Waals surface area contributed by atoms with Gasteiger partial charge in [-0.25, -0.2) is 5.11 Å². The molecule has 0 heterocycles. The van der Waals surface area contributed by atoms with Crippen molar-refractivity contribution in [2.75, 3.05) is 6.61 Å². The molecule has 0 saturated heterocycles. The Hall–Kier alpha value is -0.0400. The van der Waals surface area contributed by atoms with E-state index in [9.17, 15) is 5.11 Å². The lowest BCUT2D eigenvalue weighted by molar-refractivity contribution is 0.180. The van der Waals surface area contributed by atoms with Crippen LogP contribution in [0.4, 0.5) is 0 Å². The largest absolute Gasteiger partial charge is 0.237 e. The summed E-state index contributed by atoms with van der Waals surface area (Å²) in [5, 5.41) is 10.4. The lowest BCUT2D eigenvalue weighted by Crippen LogP contribution is -1.96. The van der Waals surface area contributed by atoms with Crippen LogP contribution in [0.2, 0.25) is 0 Å². The summed E-state index contributed by atoms with van der Waals surface area (Å²) in [7, 11) is 0. The number of hydrogen-bond donors (Lipinski definition) is 0. The molecule has 0 bridgehead atoms. The van der Waals surface area contributed by atoms with Gasteiger partial charge in [-0.2, -0.15) is 0 Å². The van der Waals surface area contributed by atoms with Gasteiger partial charge in [0.05, 0.1) is 6.61 Å². The van der Waals surface area contributed by atoms with Crippen LogP contribution in [0.3, 0.4) is 0 Å². The van der Waals surface area contributed by atoms with Crippen LogP contribution in [0.15, 0.2) is 0 Å². The lowest BCUT2D eigenvalue weighted by atomic mass is 9.97. The zero-order valence-electron chi connectivity index (χ0n) is 12.9. The van der Waals surface area contributed by atoms with E-state index >= 15 is 0 Å². The molecule has 1 unspecified atom stereocenters. The first kappa shape index (κ1) is 18.0. The lowest BCUT2D eigenvalue weighted by Gasteiger charge is -2.09. The van der Waals surface area contributed by atoms with Crippen LogP contribution in [-0.2, 0) is 5.11 Å². The van der Waals surface area contributed by atoms with E-state index in [1.165, 1.54) is 70.6 Å². The van der Waals surface area contributed by atoms with E-state index in [-0.39, 0.29) is 6.61 Å². The van der Waals surface area contributed by atoms with Gasteiger partial charge in [0.25, 0.3) is 0 Å². The van der Waals surface area contributed by atoms with Crippen molar-refractivity contribution >= 4 is 0 Å². The van der Waals surface area contributed by atoms with Crippen LogP contribution in [0.5, 0.6) is 0 Å². The molecule has 18 heavy (non-hydrogen) atoms. The van der Waals surface area contributed by atoms with Gasteiger partial charge in [-0.1, -0.05) is 84.5 Å². The standard InChI is InChI=1S/C17H35O/c1-3-4-5-6-7-8-9-10-11-12-14-17(2)15-13-16-18/h17H,3-16H2,1-2H3. The van der Waals surface area contributed by atoms with Crippen molar-refractivity contribution in [3.05, 3.63) is 0 Å². The van der Waals surface area contributed by atoms with Crippen LogP contribution < -0.4 is 0 Å². The van der Waals surface area contributed by atoms with Crippen molar-refractivity contribution in [1.82, 2.24) is 0 Å². The topological polar surface area (TPSA) is 19.9 Å². The molecule has 0 saturated carbocycles. The number of unbranched alkanes of at least 4 members (excludes halogenated alkanes) is 9. The third kappa shape index (κ3) is 14.0. The molecule has 0 spiro atoms. The van der Waals surface area contributed by atoms with E-state index in [2.05, 4.69) is 13.8 Å². The van der Waals surface area contributed by atoms with Gasteiger partial charge in [0.1, 0.15) is 0 Å². The van der Waals surface area contributed by atoms with Gasteiger partial charge >= 0.3 is 0 Å². The maximum atomic E-state index is 10.4. The fourth-order valence-corrected chi connectivity index (χ4v) is 2.56. The van der Waals surface area contributed by atoms with Crippen LogP contribution in [0.1, 0.15) is 97.3 Å². The molecule has 0 N–H and O–H groups in total. The first-order valence-electron chi connectivity index (χ1n) is 8.39. The summed E-state index contributed by atoms with van der Waals surface area (Å²) in [6, 6.07) is 0. The van der Waals surface area contributed by atoms with Gasteiger partial charge < -0.3 is 0 Å². The maximum absolute atomic E-state index is 10.4. The third-order valence-corrected chi connectivity index (χ3v) is 3.89. The monoisotopic (exact) mass is 255 g/mol. The van der Waals surface area contributed by atoms with E-state index in [0.717, 1.165) is 18.8 Å². The average Bonchev–Trinajstić information content (AvgIpc) is 2.38. The Morgan fingerprint density at radius 1 is 0.667 bits per heavy atom. The second-order valence-corrected chi connectivity index (χ2v) is 5.92. The molecule has 1 radical (unpaired) electrons. The van der Waals surface area contributed by atoms with Gasteiger partial charge in [-0.3, -0.25) is 0 Å². The summed E-state index contributed by atoms with van der Waals surface area (Å²) >= 11 is 0. The van der Waals surface area contributed by atoms with E-state index < -0.39 is 0 Å². The Morgan fingerprint density at radius 3 is 1.61 bits per heavy atom. The van der Waals surface area contributed by atoms with E-state index in [0.29, 0.717) is 0 Å². The fourth-order valence-electron chi connectivity index (χ4n) is 2.56. The molecule has 0 aromatic heterocycles. The van der Waals surface area contributed by atoms with Crippen molar-refractivity contribution in [3.8, 4) is 0 Å². The molecule has 1 heteroatoms. The highest BCUT2D eigenvalue weighted by atomic mass is 16.2. The second-order valence-electron chi connectivity index (χ2n) is 5.92. The quantitative estimate of drug-likeness (QED) is 0.332. The van der Waals surface area contributed by atoms with Crippen molar-refractivity contribution in [2.24, 2.45) is 5.92 Å². The van der Waals surface area contributed by atoms with Crippen LogP contribution in [0.25, 0.3) is 0 Å². The molecule has 0 aliphatic carbocycles. The summed E-state index contributed by atoms with van der Waals surface area (Å²) in [6.07, 6.45) is 17.5. The Balaban J connectivity index is 3.02. The van der Waals surface area contributed by atoms with Crippen LogP contribution in [-0.4, -0.2) is 6.61 Å². The van der Waals surface area contributed by atoms with Crippen LogP contribution >= 0.6 is 0 Å². The molecule has 1 atom stereocenters. The smallest absolute Gasteiger partial charge is 0.0822 e. The third-order valence-electron chi connectivity index (χ3n) is 3.89. The average molecular weight is 255 g/mol. The Kier molecular flexibility index (Phi) is 15.0. The van der Waals surface area contributed by atoms with E-state index in [4.69, 9.17) is 0 Å². The Bertz CT molecular complexity index is 145. The minimum absolute atomic E-state index is 0.113. The zero-order valence-corrected chi connectivity index (χ0v) is 12.9. The van der Waals surface area contributed by atoms with E-state index in [1.54, 1.807) is 0 Å². The zero-order chi connectivity index (χ0) is 13.5. The fraction of sp³-hybridized carbons (Fsp3) is 1.00. The van der Waals surface area contributed by atoms with Crippen molar-refractivity contribution in [1.29, 1.82) is 0 Å². The minimum Gasteiger partial charge on any atom is -0.237 e. The molecular formula is C17H35O. The van der Waals surface area contributed by atoms with Gasteiger partial charge in [-0.05, 0) is 18.8 Å². The summed E-state index contributed by atoms with van der Waals surface area (Å²) in [6.45, 7) is 4.68. The highest BCUT2D eigenvalue weighted by Crippen LogP contribution is 2.16. The molecule has 0 aromatic carbocycles. The predicted octanol–water partition coefficient (Wildman–Crippen LogP) is 6.14. The summed E-state index contributed by atoms with van der Waals surface area (Å²) in [5.74, 6) is 0.771. The number of rotatable bonds is 14. The molecule has 1 nitrogen and oxygen atoms in total. The molecule has 0 amide bonds. The molecule has 0 fully saturated rings. The highest BCUT2D eigenvalue weighted by molar-refractivity contribution is 4.54. The molecule has 0 aromatic rings. The molecule has 0 rings (SSSR count). The minimum atomic E-state index is 0.113. The molecule has 109 valence electrons. The summed E-state index contributed by atoms with van der Waals surface area (Å²) in [5.41, 5.74) is 0. The van der Waals surface area contributed by atoms with Gasteiger partial charge in [0.2, 0.25) is 0 Å². The second kappa shape index (κ2) is 15.0. The Labute approximate surface area is 115 Å². The first-order valence-corrected chi connectivity index (χ1v) is 8.39. The molecule has 0 aliphatic heterocycles. The van der Waals surface area contributed by atoms with Crippen molar-refractivity contribution in [2.45, 2.75) is 97.3 Å². The van der Waals surface area contributed by atoms with E-state index in [1.807, 2.05) is 0 Å². The number of hydrogen-bond acceptors (Lipinski definition) is 0. The van der Waals surface area contributed by atoms with Gasteiger partial charge in [0, 0.05) is 0 Å². The van der Waals surface area contributed by atoms with Crippen molar-refractivity contribution < 1.29 is 5.11 Å². The Morgan fingerprint density at radius 2 is 1.11 bits per heavy atom. The summed E-state index contributed by atoms with van der Waals surface area (Å²) < 4.78 is 0. The SMILES string of the molecule is CCCCCCCCCCCCC(C)CCC[O]. The van der Waals surface area contributed by atoms with Crippen LogP contribution in [0, 0.1) is 5.92 Å². The first-order chi connectivity index (χ1) is 8.81. The normalized spacial score (nSPS) is 12.8.